The van der Waals surface area contributed by atoms with Crippen LogP contribution in [-0.4, -0.2) is 52.6 Å². The summed E-state index contributed by atoms with van der Waals surface area (Å²) in [5.41, 5.74) is -0.704. The Labute approximate surface area is 207 Å². The SMILES string of the molecule is COCCNc1nc2c(cc1Cc1cccc(Cl)c1F)c(=O)c(C(=O)O)cn2C(C)C(C)(C)CO. The number of carboxylic acid groups (broad SMARTS) is 1. The number of fused-ring (bicyclic) bond motifs is 1. The highest BCUT2D eigenvalue weighted by atomic mass is 35.5. The molecule has 3 aromatic rings. The Morgan fingerprint density at radius 2 is 2.06 bits per heavy atom. The van der Waals surface area contributed by atoms with Gasteiger partial charge in [-0.15, -0.1) is 0 Å². The van der Waals surface area contributed by atoms with E-state index in [1.54, 1.807) is 29.9 Å². The number of methoxy groups -OCH3 is 1. The number of carboxylic acids is 1. The average molecular weight is 506 g/mol. The van der Waals surface area contributed by atoms with E-state index in [2.05, 4.69) is 5.32 Å². The van der Waals surface area contributed by atoms with Gasteiger partial charge >= 0.3 is 5.97 Å². The highest BCUT2D eigenvalue weighted by molar-refractivity contribution is 6.30. The smallest absolute Gasteiger partial charge is 0.341 e. The lowest BCUT2D eigenvalue weighted by Crippen LogP contribution is -2.31. The number of aliphatic hydroxyl groups is 1. The number of halogens is 2. The number of anilines is 1. The lowest BCUT2D eigenvalue weighted by Gasteiger charge is -2.32. The fourth-order valence-corrected chi connectivity index (χ4v) is 3.91. The normalized spacial score (nSPS) is 12.7. The molecule has 2 heterocycles. The lowest BCUT2D eigenvalue weighted by molar-refractivity contribution is 0.0693. The zero-order chi connectivity index (χ0) is 25.9. The third-order valence-electron chi connectivity index (χ3n) is 6.28. The molecular weight excluding hydrogens is 477 g/mol. The highest BCUT2D eigenvalue weighted by Gasteiger charge is 2.29. The zero-order valence-electron chi connectivity index (χ0n) is 20.1. The van der Waals surface area contributed by atoms with E-state index in [0.29, 0.717) is 30.1 Å². The Bertz CT molecular complexity index is 1310. The average Bonchev–Trinajstić information content (AvgIpc) is 2.82. The molecule has 0 aliphatic heterocycles. The van der Waals surface area contributed by atoms with E-state index < -0.39 is 34.2 Å². The number of rotatable bonds is 10. The third-order valence-corrected chi connectivity index (χ3v) is 6.57. The molecule has 10 heteroatoms. The molecule has 0 amide bonds. The summed E-state index contributed by atoms with van der Waals surface area (Å²) in [5.74, 6) is -1.55. The minimum absolute atomic E-state index is 0.0271. The number of benzene rings is 1. The Morgan fingerprint density at radius 1 is 1.34 bits per heavy atom. The van der Waals surface area contributed by atoms with Crippen LogP contribution in [0.3, 0.4) is 0 Å². The van der Waals surface area contributed by atoms with Crippen molar-refractivity contribution in [1.29, 1.82) is 0 Å². The molecule has 0 saturated heterocycles. The molecule has 2 aromatic heterocycles. The van der Waals surface area contributed by atoms with E-state index in [0.717, 1.165) is 0 Å². The molecule has 188 valence electrons. The summed E-state index contributed by atoms with van der Waals surface area (Å²) in [6.07, 6.45) is 1.33. The minimum atomic E-state index is -1.37. The summed E-state index contributed by atoms with van der Waals surface area (Å²) in [7, 11) is 1.56. The first kappa shape index (κ1) is 26.6. The first-order valence-electron chi connectivity index (χ1n) is 11.1. The van der Waals surface area contributed by atoms with Gasteiger partial charge in [0.05, 0.1) is 23.6 Å². The molecule has 0 bridgehead atoms. The standard InChI is InChI=1S/C25H29ClFN3O5/c1-14(25(2,3)13-31)30-12-18(24(33)34)21(32)17-11-16(10-15-6-5-7-19(26)20(15)27)22(29-23(17)30)28-8-9-35-4/h5-7,11-12,14,31H,8-10,13H2,1-4H3,(H,28,29)(H,33,34). The highest BCUT2D eigenvalue weighted by Crippen LogP contribution is 2.33. The first-order valence-corrected chi connectivity index (χ1v) is 11.5. The number of aromatic nitrogens is 2. The number of hydrogen-bond donors (Lipinski definition) is 3. The zero-order valence-corrected chi connectivity index (χ0v) is 20.8. The van der Waals surface area contributed by atoms with Crippen molar-refractivity contribution < 1.29 is 24.1 Å². The van der Waals surface area contributed by atoms with Gasteiger partial charge in [-0.3, -0.25) is 4.79 Å². The maximum Gasteiger partial charge on any atom is 0.341 e. The topological polar surface area (TPSA) is 114 Å². The molecule has 3 rings (SSSR count). The van der Waals surface area contributed by atoms with Gasteiger partial charge in [0, 0.05) is 37.7 Å². The predicted molar refractivity (Wildman–Crippen MR) is 133 cm³/mol. The van der Waals surface area contributed by atoms with Crippen LogP contribution in [0, 0.1) is 11.2 Å². The van der Waals surface area contributed by atoms with E-state index in [1.165, 1.54) is 12.3 Å². The summed E-state index contributed by atoms with van der Waals surface area (Å²) >= 11 is 5.95. The van der Waals surface area contributed by atoms with Gasteiger partial charge in [0.15, 0.2) is 0 Å². The van der Waals surface area contributed by atoms with Crippen molar-refractivity contribution in [3.63, 3.8) is 0 Å². The van der Waals surface area contributed by atoms with Crippen molar-refractivity contribution in [2.24, 2.45) is 5.41 Å². The second-order valence-corrected chi connectivity index (χ2v) is 9.49. The fraction of sp³-hybridized carbons (Fsp3) is 0.400. The number of carbonyl (C=O) groups is 1. The molecule has 1 atom stereocenters. The quantitative estimate of drug-likeness (QED) is 0.355. The van der Waals surface area contributed by atoms with Crippen molar-refractivity contribution in [2.75, 3.05) is 32.2 Å². The molecule has 3 N–H and O–H groups in total. The number of aliphatic hydroxyl groups excluding tert-OH is 1. The van der Waals surface area contributed by atoms with E-state index >= 15 is 0 Å². The van der Waals surface area contributed by atoms with Crippen molar-refractivity contribution in [3.05, 3.63) is 68.2 Å². The van der Waals surface area contributed by atoms with E-state index in [-0.39, 0.29) is 29.1 Å². The number of nitrogens with zero attached hydrogens (tertiary/aromatic N) is 2. The predicted octanol–water partition coefficient (Wildman–Crippen LogP) is 4.12. The monoisotopic (exact) mass is 505 g/mol. The van der Waals surface area contributed by atoms with Crippen LogP contribution in [-0.2, 0) is 11.2 Å². The van der Waals surface area contributed by atoms with Crippen molar-refractivity contribution in [3.8, 4) is 0 Å². The van der Waals surface area contributed by atoms with Crippen LogP contribution in [0.4, 0.5) is 10.2 Å². The van der Waals surface area contributed by atoms with Gasteiger partial charge in [0.2, 0.25) is 5.43 Å². The summed E-state index contributed by atoms with van der Waals surface area (Å²) in [6.45, 7) is 6.08. The summed E-state index contributed by atoms with van der Waals surface area (Å²) < 4.78 is 21.4. The Balaban J connectivity index is 2.31. The summed E-state index contributed by atoms with van der Waals surface area (Å²) in [4.78, 5) is 29.7. The van der Waals surface area contributed by atoms with Crippen LogP contribution in [0.15, 0.2) is 35.3 Å². The summed E-state index contributed by atoms with van der Waals surface area (Å²) in [5, 5.41) is 22.8. The Hall–Kier alpha value is -3.01. The number of nitrogens with one attached hydrogen (secondary N) is 1. The van der Waals surface area contributed by atoms with Crippen LogP contribution in [0.5, 0.6) is 0 Å². The second-order valence-electron chi connectivity index (χ2n) is 9.08. The number of ether oxygens (including phenoxy) is 1. The molecule has 0 aliphatic rings. The van der Waals surface area contributed by atoms with Crippen LogP contribution in [0.1, 0.15) is 48.3 Å². The largest absolute Gasteiger partial charge is 0.477 e. The van der Waals surface area contributed by atoms with Gasteiger partial charge in [-0.1, -0.05) is 37.6 Å². The summed E-state index contributed by atoms with van der Waals surface area (Å²) in [6, 6.07) is 5.79. The van der Waals surface area contributed by atoms with Crippen LogP contribution < -0.4 is 10.7 Å². The van der Waals surface area contributed by atoms with Gasteiger partial charge in [0.25, 0.3) is 0 Å². The molecule has 0 aliphatic carbocycles. The van der Waals surface area contributed by atoms with E-state index in [4.69, 9.17) is 21.3 Å². The van der Waals surface area contributed by atoms with Gasteiger partial charge in [-0.05, 0) is 30.2 Å². The Morgan fingerprint density at radius 3 is 2.69 bits per heavy atom. The molecular formula is C25H29ClFN3O5. The maximum atomic E-state index is 14.7. The molecule has 1 aromatic carbocycles. The van der Waals surface area contributed by atoms with Gasteiger partial charge in [-0.25, -0.2) is 14.2 Å². The molecule has 35 heavy (non-hydrogen) atoms. The fourth-order valence-electron chi connectivity index (χ4n) is 3.72. The van der Waals surface area contributed by atoms with Crippen LogP contribution in [0.25, 0.3) is 11.0 Å². The number of hydrogen-bond acceptors (Lipinski definition) is 6. The number of aromatic carboxylic acids is 1. The van der Waals surface area contributed by atoms with Gasteiger partial charge < -0.3 is 24.8 Å². The maximum absolute atomic E-state index is 14.7. The molecule has 0 spiro atoms. The van der Waals surface area contributed by atoms with Gasteiger partial charge in [0.1, 0.15) is 22.8 Å². The molecule has 1 unspecified atom stereocenters. The van der Waals surface area contributed by atoms with E-state index in [9.17, 15) is 24.2 Å². The first-order chi connectivity index (χ1) is 16.5. The van der Waals surface area contributed by atoms with Crippen molar-refractivity contribution >= 4 is 34.4 Å². The van der Waals surface area contributed by atoms with Crippen molar-refractivity contribution in [1.82, 2.24) is 9.55 Å². The third kappa shape index (κ3) is 5.47. The molecule has 8 nitrogen and oxygen atoms in total. The van der Waals surface area contributed by atoms with Gasteiger partial charge in [-0.2, -0.15) is 0 Å². The van der Waals surface area contributed by atoms with Crippen LogP contribution in [0.2, 0.25) is 5.02 Å². The molecule has 0 fully saturated rings. The Kier molecular flexibility index (Phi) is 8.15. The van der Waals surface area contributed by atoms with Crippen molar-refractivity contribution in [2.45, 2.75) is 33.2 Å². The van der Waals surface area contributed by atoms with E-state index in [1.807, 2.05) is 20.8 Å². The molecule has 0 radical (unpaired) electrons. The lowest BCUT2D eigenvalue weighted by atomic mass is 9.86. The second kappa shape index (κ2) is 10.7. The molecule has 0 saturated carbocycles. The van der Waals surface area contributed by atoms with Crippen LogP contribution >= 0.6 is 11.6 Å². The minimum Gasteiger partial charge on any atom is -0.477 e. The number of pyridine rings is 2.